The number of ether oxygens (including phenoxy) is 1. The number of hydrogen-bond donors (Lipinski definition) is 1. The van der Waals surface area contributed by atoms with E-state index in [1.807, 2.05) is 49.9 Å². The third-order valence-electron chi connectivity index (χ3n) is 4.75. The predicted molar refractivity (Wildman–Crippen MR) is 112 cm³/mol. The molecule has 1 fully saturated rings. The van der Waals surface area contributed by atoms with E-state index in [0.29, 0.717) is 5.69 Å². The van der Waals surface area contributed by atoms with Crippen LogP contribution in [0.1, 0.15) is 49.8 Å². The highest BCUT2D eigenvalue weighted by atomic mass is 35.5. The Morgan fingerprint density at radius 1 is 1.36 bits per heavy atom. The first kappa shape index (κ1) is 22.2. The zero-order chi connectivity index (χ0) is 19.4. The topological polar surface area (TPSA) is 72.3 Å². The Morgan fingerprint density at radius 3 is 2.64 bits per heavy atom. The third kappa shape index (κ3) is 4.83. The van der Waals surface area contributed by atoms with Gasteiger partial charge in [-0.15, -0.1) is 17.5 Å². The van der Waals surface area contributed by atoms with Crippen molar-refractivity contribution in [2.45, 2.75) is 52.7 Å². The van der Waals surface area contributed by atoms with Crippen LogP contribution >= 0.6 is 12.4 Å². The SMILES string of the molecule is CCCN(C(=O)c1nnn(-c2ccc(OC(C)C)cc2)c1C)C1CCNC1.Cl. The molecule has 1 aliphatic rings. The van der Waals surface area contributed by atoms with Gasteiger partial charge in [0.15, 0.2) is 5.69 Å². The molecule has 1 aliphatic heterocycles. The predicted octanol–water partition coefficient (Wildman–Crippen LogP) is 3.00. The first-order valence-electron chi connectivity index (χ1n) is 9.72. The van der Waals surface area contributed by atoms with Crippen molar-refractivity contribution in [1.29, 1.82) is 0 Å². The van der Waals surface area contributed by atoms with Crippen molar-refractivity contribution in [2.75, 3.05) is 19.6 Å². The zero-order valence-electron chi connectivity index (χ0n) is 17.0. The number of aromatic nitrogens is 3. The molecule has 2 aromatic rings. The Labute approximate surface area is 172 Å². The van der Waals surface area contributed by atoms with E-state index in [9.17, 15) is 4.79 Å². The van der Waals surface area contributed by atoms with Crippen molar-refractivity contribution in [2.24, 2.45) is 0 Å². The Morgan fingerprint density at radius 2 is 2.07 bits per heavy atom. The van der Waals surface area contributed by atoms with Crippen LogP contribution in [0.3, 0.4) is 0 Å². The first-order valence-corrected chi connectivity index (χ1v) is 9.72. The van der Waals surface area contributed by atoms with E-state index in [1.54, 1.807) is 4.68 Å². The number of nitrogens with one attached hydrogen (secondary N) is 1. The molecule has 1 aromatic heterocycles. The molecule has 1 N–H and O–H groups in total. The summed E-state index contributed by atoms with van der Waals surface area (Å²) >= 11 is 0. The molecule has 0 aliphatic carbocycles. The molecule has 1 amide bonds. The van der Waals surface area contributed by atoms with E-state index in [2.05, 4.69) is 22.6 Å². The fraction of sp³-hybridized carbons (Fsp3) is 0.550. The molecule has 2 heterocycles. The second-order valence-corrected chi connectivity index (χ2v) is 7.24. The maximum atomic E-state index is 13.1. The molecule has 1 aromatic carbocycles. The molecule has 1 unspecified atom stereocenters. The summed E-state index contributed by atoms with van der Waals surface area (Å²) in [6.45, 7) is 10.5. The summed E-state index contributed by atoms with van der Waals surface area (Å²) < 4.78 is 7.39. The van der Waals surface area contributed by atoms with Crippen LogP contribution in [0.15, 0.2) is 24.3 Å². The van der Waals surface area contributed by atoms with Gasteiger partial charge in [-0.25, -0.2) is 4.68 Å². The van der Waals surface area contributed by atoms with Crippen LogP contribution in [0.5, 0.6) is 5.75 Å². The number of amides is 1. The fourth-order valence-electron chi connectivity index (χ4n) is 3.44. The number of hydrogen-bond acceptors (Lipinski definition) is 5. The summed E-state index contributed by atoms with van der Waals surface area (Å²) in [5.74, 6) is 0.778. The van der Waals surface area contributed by atoms with Crippen LogP contribution < -0.4 is 10.1 Å². The molecular formula is C20H30ClN5O2. The Balaban J connectivity index is 0.00000280. The van der Waals surface area contributed by atoms with E-state index >= 15 is 0 Å². The van der Waals surface area contributed by atoms with Crippen molar-refractivity contribution >= 4 is 18.3 Å². The lowest BCUT2D eigenvalue weighted by atomic mass is 10.1. The number of benzene rings is 1. The van der Waals surface area contributed by atoms with Gasteiger partial charge in [0.05, 0.1) is 17.5 Å². The Kier molecular flexibility index (Phi) is 7.83. The number of carbonyl (C=O) groups is 1. The number of carbonyl (C=O) groups excluding carboxylic acids is 1. The van der Waals surface area contributed by atoms with Gasteiger partial charge >= 0.3 is 0 Å². The molecule has 1 saturated heterocycles. The maximum absolute atomic E-state index is 13.1. The number of nitrogens with zero attached hydrogens (tertiary/aromatic N) is 4. The van der Waals surface area contributed by atoms with Crippen LogP contribution in [0.25, 0.3) is 5.69 Å². The average Bonchev–Trinajstić information content (AvgIpc) is 3.29. The quantitative estimate of drug-likeness (QED) is 0.763. The fourth-order valence-corrected chi connectivity index (χ4v) is 3.44. The van der Waals surface area contributed by atoms with Gasteiger partial charge in [-0.05, 0) is 64.4 Å². The van der Waals surface area contributed by atoms with Crippen LogP contribution in [0, 0.1) is 6.92 Å². The standard InChI is InChI=1S/C20H29N5O2.ClH/c1-5-12-24(17-10-11-21-13-17)20(26)19-15(4)25(23-22-19)16-6-8-18(9-7-16)27-14(2)3;/h6-9,14,17,21H,5,10-13H2,1-4H3;1H. The van der Waals surface area contributed by atoms with Gasteiger partial charge in [0.25, 0.3) is 5.91 Å². The van der Waals surface area contributed by atoms with Gasteiger partial charge in [-0.3, -0.25) is 4.79 Å². The van der Waals surface area contributed by atoms with Crippen LogP contribution in [0.4, 0.5) is 0 Å². The van der Waals surface area contributed by atoms with Gasteiger partial charge in [0.2, 0.25) is 0 Å². The maximum Gasteiger partial charge on any atom is 0.276 e. The van der Waals surface area contributed by atoms with Crippen molar-refractivity contribution in [3.05, 3.63) is 35.7 Å². The second-order valence-electron chi connectivity index (χ2n) is 7.24. The van der Waals surface area contributed by atoms with E-state index in [1.165, 1.54) is 0 Å². The monoisotopic (exact) mass is 407 g/mol. The van der Waals surface area contributed by atoms with Crippen LogP contribution in [0.2, 0.25) is 0 Å². The highest BCUT2D eigenvalue weighted by Gasteiger charge is 2.29. The van der Waals surface area contributed by atoms with Crippen molar-refractivity contribution in [3.8, 4) is 11.4 Å². The highest BCUT2D eigenvalue weighted by molar-refractivity contribution is 5.93. The lowest BCUT2D eigenvalue weighted by Gasteiger charge is -2.27. The summed E-state index contributed by atoms with van der Waals surface area (Å²) in [4.78, 5) is 15.1. The molecule has 0 radical (unpaired) electrons. The summed E-state index contributed by atoms with van der Waals surface area (Å²) in [6, 6.07) is 7.91. The van der Waals surface area contributed by atoms with Gasteiger partial charge in [0, 0.05) is 19.1 Å². The third-order valence-corrected chi connectivity index (χ3v) is 4.75. The van der Waals surface area contributed by atoms with Gasteiger partial charge in [-0.2, -0.15) is 0 Å². The van der Waals surface area contributed by atoms with Gasteiger partial charge in [0.1, 0.15) is 5.75 Å². The molecule has 8 heteroatoms. The van der Waals surface area contributed by atoms with Crippen LogP contribution in [-0.4, -0.2) is 57.6 Å². The minimum Gasteiger partial charge on any atom is -0.491 e. The molecule has 0 saturated carbocycles. The Hall–Kier alpha value is -2.12. The lowest BCUT2D eigenvalue weighted by Crippen LogP contribution is -2.42. The summed E-state index contributed by atoms with van der Waals surface area (Å²) in [5.41, 5.74) is 2.04. The Bertz CT molecular complexity index is 769. The molecule has 154 valence electrons. The van der Waals surface area contributed by atoms with Crippen LogP contribution in [-0.2, 0) is 0 Å². The largest absolute Gasteiger partial charge is 0.491 e. The van der Waals surface area contributed by atoms with Crippen molar-refractivity contribution in [3.63, 3.8) is 0 Å². The average molecular weight is 408 g/mol. The summed E-state index contributed by atoms with van der Waals surface area (Å²) in [7, 11) is 0. The van der Waals surface area contributed by atoms with E-state index in [0.717, 1.165) is 49.6 Å². The molecule has 3 rings (SSSR count). The molecule has 28 heavy (non-hydrogen) atoms. The molecular weight excluding hydrogens is 378 g/mol. The highest BCUT2D eigenvalue weighted by Crippen LogP contribution is 2.20. The first-order chi connectivity index (χ1) is 13.0. The number of rotatable bonds is 7. The van der Waals surface area contributed by atoms with E-state index in [4.69, 9.17) is 4.74 Å². The second kappa shape index (κ2) is 9.89. The lowest BCUT2D eigenvalue weighted by molar-refractivity contribution is 0.0685. The molecule has 7 nitrogen and oxygen atoms in total. The normalized spacial score (nSPS) is 16.1. The minimum atomic E-state index is -0.0333. The minimum absolute atomic E-state index is 0. The molecule has 0 spiro atoms. The zero-order valence-corrected chi connectivity index (χ0v) is 17.8. The van der Waals surface area contributed by atoms with E-state index < -0.39 is 0 Å². The molecule has 1 atom stereocenters. The van der Waals surface area contributed by atoms with Crippen molar-refractivity contribution < 1.29 is 9.53 Å². The molecule has 0 bridgehead atoms. The number of halogens is 1. The van der Waals surface area contributed by atoms with Gasteiger partial charge in [-0.1, -0.05) is 12.1 Å². The van der Waals surface area contributed by atoms with Gasteiger partial charge < -0.3 is 15.0 Å². The summed E-state index contributed by atoms with van der Waals surface area (Å²) in [6.07, 6.45) is 2.03. The van der Waals surface area contributed by atoms with E-state index in [-0.39, 0.29) is 30.5 Å². The summed E-state index contributed by atoms with van der Waals surface area (Å²) in [5, 5.41) is 11.8. The smallest absolute Gasteiger partial charge is 0.276 e. The van der Waals surface area contributed by atoms with Crippen molar-refractivity contribution in [1.82, 2.24) is 25.2 Å².